The highest BCUT2D eigenvalue weighted by Crippen LogP contribution is 2.22. The summed E-state index contributed by atoms with van der Waals surface area (Å²) in [4.78, 5) is 8.89. The molecule has 1 aromatic carbocycles. The molecule has 0 saturated carbocycles. The van der Waals surface area contributed by atoms with Crippen LogP contribution in [0.1, 0.15) is 11.4 Å². The molecule has 0 fully saturated rings. The number of aryl methyl sites for hydroxylation is 1. The van der Waals surface area contributed by atoms with Gasteiger partial charge in [-0.05, 0) is 11.6 Å². The van der Waals surface area contributed by atoms with Crippen LogP contribution in [0.5, 0.6) is 0 Å². The molecule has 4 nitrogen and oxygen atoms in total. The maximum absolute atomic E-state index is 6.12. The fourth-order valence-electron chi connectivity index (χ4n) is 2.06. The molecule has 6 heteroatoms. The van der Waals surface area contributed by atoms with Gasteiger partial charge in [-0.2, -0.15) is 5.10 Å². The van der Waals surface area contributed by atoms with E-state index in [2.05, 4.69) is 31.0 Å². The fraction of sp³-hybridized carbons (Fsp3) is 0.133. The molecule has 0 unspecified atom stereocenters. The van der Waals surface area contributed by atoms with Gasteiger partial charge in [-0.1, -0.05) is 45.7 Å². The average Bonchev–Trinajstić information content (AvgIpc) is 2.88. The van der Waals surface area contributed by atoms with Gasteiger partial charge < -0.3 is 0 Å². The first-order valence-corrected chi connectivity index (χ1v) is 7.55. The van der Waals surface area contributed by atoms with Crippen molar-refractivity contribution in [3.63, 3.8) is 0 Å². The summed E-state index contributed by atoms with van der Waals surface area (Å²) >= 11 is 9.66. The standard InChI is InChI=1S/C15H12BrClN4/c1-21-9-11(8-18-21)13-7-14(17)20-15(19-13)6-10-4-2-3-5-12(10)16/h2-5,7-9H,6H2,1H3. The molecule has 0 saturated heterocycles. The van der Waals surface area contributed by atoms with Crippen LogP contribution in [-0.2, 0) is 13.5 Å². The molecule has 0 amide bonds. The Balaban J connectivity index is 1.97. The highest BCUT2D eigenvalue weighted by molar-refractivity contribution is 9.10. The third-order valence-electron chi connectivity index (χ3n) is 3.05. The minimum atomic E-state index is 0.436. The zero-order valence-corrected chi connectivity index (χ0v) is 13.6. The van der Waals surface area contributed by atoms with E-state index in [9.17, 15) is 0 Å². The summed E-state index contributed by atoms with van der Waals surface area (Å²) in [5.74, 6) is 0.688. The number of aromatic nitrogens is 4. The molecule has 21 heavy (non-hydrogen) atoms. The predicted molar refractivity (Wildman–Crippen MR) is 86.2 cm³/mol. The van der Waals surface area contributed by atoms with Crippen LogP contribution in [0.2, 0.25) is 5.15 Å². The Morgan fingerprint density at radius 1 is 1.24 bits per heavy atom. The number of rotatable bonds is 3. The summed E-state index contributed by atoms with van der Waals surface area (Å²) in [6, 6.07) is 9.77. The lowest BCUT2D eigenvalue weighted by Crippen LogP contribution is -1.99. The molecule has 3 aromatic rings. The lowest BCUT2D eigenvalue weighted by Gasteiger charge is -2.05. The molecule has 0 aliphatic carbocycles. The summed E-state index contributed by atoms with van der Waals surface area (Å²) < 4.78 is 2.77. The maximum atomic E-state index is 6.12. The van der Waals surface area contributed by atoms with Gasteiger partial charge in [0.2, 0.25) is 0 Å². The Bertz CT molecular complexity index is 785. The number of hydrogen-bond donors (Lipinski definition) is 0. The summed E-state index contributed by atoms with van der Waals surface area (Å²) in [6.07, 6.45) is 4.29. The zero-order valence-electron chi connectivity index (χ0n) is 11.3. The molecule has 3 rings (SSSR count). The molecule has 0 atom stereocenters. The predicted octanol–water partition coefficient (Wildman–Crippen LogP) is 3.88. The lowest BCUT2D eigenvalue weighted by atomic mass is 10.1. The molecule has 0 N–H and O–H groups in total. The highest BCUT2D eigenvalue weighted by Gasteiger charge is 2.09. The van der Waals surface area contributed by atoms with Gasteiger partial charge in [-0.15, -0.1) is 0 Å². The first-order valence-electron chi connectivity index (χ1n) is 6.38. The van der Waals surface area contributed by atoms with Crippen molar-refractivity contribution in [2.24, 2.45) is 7.05 Å². The molecule has 0 radical (unpaired) electrons. The van der Waals surface area contributed by atoms with E-state index in [0.29, 0.717) is 17.4 Å². The topological polar surface area (TPSA) is 43.6 Å². The van der Waals surface area contributed by atoms with Crippen molar-refractivity contribution < 1.29 is 0 Å². The van der Waals surface area contributed by atoms with Gasteiger partial charge in [-0.3, -0.25) is 4.68 Å². The van der Waals surface area contributed by atoms with Crippen molar-refractivity contribution in [1.82, 2.24) is 19.7 Å². The van der Waals surface area contributed by atoms with Gasteiger partial charge in [0.15, 0.2) is 0 Å². The largest absolute Gasteiger partial charge is 0.275 e. The minimum absolute atomic E-state index is 0.436. The van der Waals surface area contributed by atoms with Gasteiger partial charge in [0, 0.05) is 35.8 Å². The van der Waals surface area contributed by atoms with E-state index in [4.69, 9.17) is 11.6 Å². The SMILES string of the molecule is Cn1cc(-c2cc(Cl)nc(Cc3ccccc3Br)n2)cn1. The van der Waals surface area contributed by atoms with Crippen molar-refractivity contribution in [1.29, 1.82) is 0 Å². The van der Waals surface area contributed by atoms with E-state index in [1.165, 1.54) is 0 Å². The Hall–Kier alpha value is -1.72. The molecule has 2 heterocycles. The second-order valence-electron chi connectivity index (χ2n) is 4.66. The van der Waals surface area contributed by atoms with Crippen LogP contribution in [-0.4, -0.2) is 19.7 Å². The van der Waals surface area contributed by atoms with E-state index in [0.717, 1.165) is 21.3 Å². The van der Waals surface area contributed by atoms with E-state index >= 15 is 0 Å². The summed E-state index contributed by atoms with van der Waals surface area (Å²) in [5, 5.41) is 4.59. The monoisotopic (exact) mass is 362 g/mol. The number of nitrogens with zero attached hydrogens (tertiary/aromatic N) is 4. The third kappa shape index (κ3) is 3.31. The normalized spacial score (nSPS) is 10.8. The summed E-state index contributed by atoms with van der Waals surface area (Å²) in [5.41, 5.74) is 2.83. The van der Waals surface area contributed by atoms with Crippen LogP contribution in [0, 0.1) is 0 Å². The number of benzene rings is 1. The van der Waals surface area contributed by atoms with Gasteiger partial charge in [0.1, 0.15) is 11.0 Å². The van der Waals surface area contributed by atoms with Crippen LogP contribution in [0.25, 0.3) is 11.3 Å². The van der Waals surface area contributed by atoms with Crippen molar-refractivity contribution in [2.45, 2.75) is 6.42 Å². The van der Waals surface area contributed by atoms with Crippen molar-refractivity contribution >= 4 is 27.5 Å². The third-order valence-corrected chi connectivity index (χ3v) is 4.02. The molecular formula is C15H12BrClN4. The van der Waals surface area contributed by atoms with E-state index in [1.807, 2.05) is 37.5 Å². The molecule has 2 aromatic heterocycles. The van der Waals surface area contributed by atoms with Crippen LogP contribution in [0.3, 0.4) is 0 Å². The van der Waals surface area contributed by atoms with Crippen LogP contribution in [0.4, 0.5) is 0 Å². The van der Waals surface area contributed by atoms with Crippen molar-refractivity contribution in [3.05, 3.63) is 63.7 Å². The Kier molecular flexibility index (Phi) is 4.03. The van der Waals surface area contributed by atoms with E-state index < -0.39 is 0 Å². The maximum Gasteiger partial charge on any atom is 0.135 e. The van der Waals surface area contributed by atoms with Crippen molar-refractivity contribution in [2.75, 3.05) is 0 Å². The van der Waals surface area contributed by atoms with Crippen LogP contribution < -0.4 is 0 Å². The number of hydrogen-bond acceptors (Lipinski definition) is 3. The first-order chi connectivity index (χ1) is 10.1. The first kappa shape index (κ1) is 14.2. The second kappa shape index (κ2) is 5.95. The second-order valence-corrected chi connectivity index (χ2v) is 5.90. The summed E-state index contributed by atoms with van der Waals surface area (Å²) in [7, 11) is 1.87. The molecule has 0 bridgehead atoms. The van der Waals surface area contributed by atoms with E-state index in [1.54, 1.807) is 16.9 Å². The molecule has 106 valence electrons. The molecule has 0 aliphatic rings. The van der Waals surface area contributed by atoms with Crippen molar-refractivity contribution in [3.8, 4) is 11.3 Å². The minimum Gasteiger partial charge on any atom is -0.275 e. The highest BCUT2D eigenvalue weighted by atomic mass is 79.9. The van der Waals surface area contributed by atoms with Gasteiger partial charge in [0.05, 0.1) is 11.9 Å². The van der Waals surface area contributed by atoms with Crippen LogP contribution >= 0.6 is 27.5 Å². The molecule has 0 aliphatic heterocycles. The lowest BCUT2D eigenvalue weighted by molar-refractivity contribution is 0.768. The van der Waals surface area contributed by atoms with Gasteiger partial charge in [0.25, 0.3) is 0 Å². The fourth-order valence-corrected chi connectivity index (χ4v) is 2.68. The molecule has 0 spiro atoms. The van der Waals surface area contributed by atoms with Crippen LogP contribution in [0.15, 0.2) is 47.2 Å². The molecular weight excluding hydrogens is 352 g/mol. The summed E-state index contributed by atoms with van der Waals surface area (Å²) in [6.45, 7) is 0. The average molecular weight is 364 g/mol. The Morgan fingerprint density at radius 3 is 2.76 bits per heavy atom. The zero-order chi connectivity index (χ0) is 14.8. The van der Waals surface area contributed by atoms with Gasteiger partial charge in [-0.25, -0.2) is 9.97 Å². The van der Waals surface area contributed by atoms with Gasteiger partial charge >= 0.3 is 0 Å². The smallest absolute Gasteiger partial charge is 0.135 e. The Labute approximate surface area is 135 Å². The quantitative estimate of drug-likeness (QED) is 0.663. The number of halogens is 2. The van der Waals surface area contributed by atoms with E-state index in [-0.39, 0.29) is 0 Å². The Morgan fingerprint density at radius 2 is 2.05 bits per heavy atom.